The van der Waals surface area contributed by atoms with Crippen LogP contribution in [0.15, 0.2) is 35.0 Å². The number of amides is 1. The summed E-state index contributed by atoms with van der Waals surface area (Å²) in [6.07, 6.45) is 7.39. The average molecular weight is 272 g/mol. The molecule has 0 aliphatic carbocycles. The van der Waals surface area contributed by atoms with Gasteiger partial charge in [0.2, 0.25) is 5.91 Å². The van der Waals surface area contributed by atoms with Crippen molar-refractivity contribution in [3.8, 4) is 23.7 Å². The highest BCUT2D eigenvalue weighted by molar-refractivity contribution is 5.76. The van der Waals surface area contributed by atoms with E-state index in [9.17, 15) is 9.18 Å². The molecule has 0 bridgehead atoms. The van der Waals surface area contributed by atoms with Gasteiger partial charge in [-0.2, -0.15) is 0 Å². The van der Waals surface area contributed by atoms with Crippen LogP contribution in [0.4, 0.5) is 4.39 Å². The lowest BCUT2D eigenvalue weighted by atomic mass is 10.1. The topological polar surface area (TPSA) is 55.1 Å². The van der Waals surface area contributed by atoms with E-state index in [0.29, 0.717) is 12.2 Å². The van der Waals surface area contributed by atoms with E-state index in [2.05, 4.69) is 16.4 Å². The number of rotatable bonds is 5. The summed E-state index contributed by atoms with van der Waals surface area (Å²) in [5.41, 5.74) is 1.52. The first-order chi connectivity index (χ1) is 9.70. The lowest BCUT2D eigenvalue weighted by molar-refractivity contribution is -0.120. The van der Waals surface area contributed by atoms with Crippen molar-refractivity contribution in [1.82, 2.24) is 10.5 Å². The third-order valence-electron chi connectivity index (χ3n) is 2.76. The van der Waals surface area contributed by atoms with E-state index >= 15 is 0 Å². The number of halogens is 1. The summed E-state index contributed by atoms with van der Waals surface area (Å²) in [4.78, 5) is 11.5. The van der Waals surface area contributed by atoms with Crippen LogP contribution >= 0.6 is 0 Å². The Morgan fingerprint density at radius 2 is 2.15 bits per heavy atom. The Kier molecular flexibility index (Phi) is 4.51. The summed E-state index contributed by atoms with van der Waals surface area (Å²) >= 11 is 0. The van der Waals surface area contributed by atoms with E-state index in [1.165, 1.54) is 12.1 Å². The van der Waals surface area contributed by atoms with Crippen molar-refractivity contribution in [1.29, 1.82) is 0 Å². The Morgan fingerprint density at radius 3 is 2.85 bits per heavy atom. The second kappa shape index (κ2) is 6.53. The maximum absolute atomic E-state index is 12.9. The molecule has 0 radical (unpaired) electrons. The van der Waals surface area contributed by atoms with E-state index in [4.69, 9.17) is 10.9 Å². The average Bonchev–Trinajstić information content (AvgIpc) is 2.92. The zero-order valence-corrected chi connectivity index (χ0v) is 10.7. The molecular weight excluding hydrogens is 259 g/mol. The second-order valence-electron chi connectivity index (χ2n) is 4.17. The van der Waals surface area contributed by atoms with Crippen LogP contribution in [0.25, 0.3) is 11.3 Å². The van der Waals surface area contributed by atoms with Crippen LogP contribution in [-0.4, -0.2) is 17.6 Å². The monoisotopic (exact) mass is 272 g/mol. The Labute approximate surface area is 116 Å². The van der Waals surface area contributed by atoms with Gasteiger partial charge in [0.05, 0.1) is 12.7 Å². The van der Waals surface area contributed by atoms with Gasteiger partial charge in [-0.1, -0.05) is 11.1 Å². The summed E-state index contributed by atoms with van der Waals surface area (Å²) in [5, 5.41) is 6.31. The Morgan fingerprint density at radius 1 is 1.40 bits per heavy atom. The fourth-order valence-corrected chi connectivity index (χ4v) is 1.76. The van der Waals surface area contributed by atoms with Crippen molar-refractivity contribution in [3.63, 3.8) is 0 Å². The number of aromatic nitrogens is 1. The van der Waals surface area contributed by atoms with Gasteiger partial charge in [0.15, 0.2) is 5.76 Å². The standard InChI is InChI=1S/C15H13FN2O2/c1-2-9-17-14(19)8-5-12-10-18-20-15(12)11-3-6-13(16)7-4-11/h1,3-4,6-7,10H,5,8-9H2,(H,17,19). The fourth-order valence-electron chi connectivity index (χ4n) is 1.76. The Hall–Kier alpha value is -2.61. The van der Waals surface area contributed by atoms with Gasteiger partial charge in [-0.3, -0.25) is 4.79 Å². The first-order valence-electron chi connectivity index (χ1n) is 6.10. The molecule has 0 fully saturated rings. The maximum atomic E-state index is 12.9. The van der Waals surface area contributed by atoms with Gasteiger partial charge in [-0.25, -0.2) is 4.39 Å². The molecule has 1 amide bonds. The Bertz CT molecular complexity index is 626. The van der Waals surface area contributed by atoms with E-state index < -0.39 is 0 Å². The van der Waals surface area contributed by atoms with Crippen molar-refractivity contribution >= 4 is 5.91 Å². The number of benzene rings is 1. The summed E-state index contributed by atoms with van der Waals surface area (Å²) in [6.45, 7) is 0.216. The zero-order valence-electron chi connectivity index (χ0n) is 10.7. The summed E-state index contributed by atoms with van der Waals surface area (Å²) in [5.74, 6) is 2.44. The summed E-state index contributed by atoms with van der Waals surface area (Å²) < 4.78 is 18.1. The third kappa shape index (κ3) is 3.45. The number of carbonyl (C=O) groups is 1. The molecule has 1 aromatic carbocycles. The van der Waals surface area contributed by atoms with E-state index in [0.717, 1.165) is 11.1 Å². The van der Waals surface area contributed by atoms with Crippen LogP contribution in [0.5, 0.6) is 0 Å². The molecule has 0 spiro atoms. The van der Waals surface area contributed by atoms with Gasteiger partial charge in [0.25, 0.3) is 0 Å². The van der Waals surface area contributed by atoms with Crippen LogP contribution in [0, 0.1) is 18.2 Å². The Balaban J connectivity index is 2.04. The van der Waals surface area contributed by atoms with Gasteiger partial charge in [-0.15, -0.1) is 6.42 Å². The minimum Gasteiger partial charge on any atom is -0.356 e. The lowest BCUT2D eigenvalue weighted by Gasteiger charge is -2.02. The molecule has 102 valence electrons. The predicted molar refractivity (Wildman–Crippen MR) is 72.1 cm³/mol. The van der Waals surface area contributed by atoms with E-state index in [-0.39, 0.29) is 24.7 Å². The van der Waals surface area contributed by atoms with Crippen LogP contribution in [-0.2, 0) is 11.2 Å². The smallest absolute Gasteiger partial charge is 0.221 e. The SMILES string of the molecule is C#CCNC(=O)CCc1cnoc1-c1ccc(F)cc1. The molecule has 2 aromatic rings. The number of aryl methyl sites for hydroxylation is 1. The minimum absolute atomic E-state index is 0.130. The molecule has 5 heteroatoms. The largest absolute Gasteiger partial charge is 0.356 e. The van der Waals surface area contributed by atoms with Gasteiger partial charge in [0, 0.05) is 17.5 Å². The molecule has 0 saturated carbocycles. The number of terminal acetylenes is 1. The second-order valence-corrected chi connectivity index (χ2v) is 4.17. The molecule has 2 rings (SSSR count). The van der Waals surface area contributed by atoms with E-state index in [1.54, 1.807) is 18.3 Å². The number of hydrogen-bond acceptors (Lipinski definition) is 3. The zero-order chi connectivity index (χ0) is 14.4. The predicted octanol–water partition coefficient (Wildman–Crippen LogP) is 2.16. The van der Waals surface area contributed by atoms with Crippen molar-refractivity contribution in [2.75, 3.05) is 6.54 Å². The number of nitrogens with one attached hydrogen (secondary N) is 1. The molecule has 0 unspecified atom stereocenters. The summed E-state index contributed by atoms with van der Waals surface area (Å²) in [7, 11) is 0. The van der Waals surface area contributed by atoms with Crippen molar-refractivity contribution < 1.29 is 13.7 Å². The molecule has 0 atom stereocenters. The molecule has 1 aromatic heterocycles. The molecule has 0 saturated heterocycles. The van der Waals surface area contributed by atoms with Crippen molar-refractivity contribution in [2.24, 2.45) is 0 Å². The van der Waals surface area contributed by atoms with Crippen LogP contribution in [0.1, 0.15) is 12.0 Å². The van der Waals surface area contributed by atoms with Gasteiger partial charge in [0.1, 0.15) is 5.82 Å². The lowest BCUT2D eigenvalue weighted by Crippen LogP contribution is -2.23. The molecule has 20 heavy (non-hydrogen) atoms. The normalized spacial score (nSPS) is 10.0. The molecule has 0 aliphatic heterocycles. The highest BCUT2D eigenvalue weighted by Crippen LogP contribution is 2.24. The molecule has 4 nitrogen and oxygen atoms in total. The number of carbonyl (C=O) groups excluding carboxylic acids is 1. The molecule has 0 aliphatic rings. The third-order valence-corrected chi connectivity index (χ3v) is 2.76. The highest BCUT2D eigenvalue weighted by Gasteiger charge is 2.12. The molecule has 1 N–H and O–H groups in total. The van der Waals surface area contributed by atoms with Crippen LogP contribution < -0.4 is 5.32 Å². The quantitative estimate of drug-likeness (QED) is 0.849. The van der Waals surface area contributed by atoms with Crippen LogP contribution in [0.2, 0.25) is 0 Å². The van der Waals surface area contributed by atoms with Gasteiger partial charge >= 0.3 is 0 Å². The minimum atomic E-state index is -0.316. The van der Waals surface area contributed by atoms with Crippen molar-refractivity contribution in [2.45, 2.75) is 12.8 Å². The van der Waals surface area contributed by atoms with Gasteiger partial charge < -0.3 is 9.84 Å². The molecular formula is C15H13FN2O2. The summed E-state index contributed by atoms with van der Waals surface area (Å²) in [6, 6.07) is 5.91. The molecule has 1 heterocycles. The van der Waals surface area contributed by atoms with Gasteiger partial charge in [-0.05, 0) is 30.7 Å². The van der Waals surface area contributed by atoms with E-state index in [1.807, 2.05) is 0 Å². The maximum Gasteiger partial charge on any atom is 0.221 e. The van der Waals surface area contributed by atoms with Crippen molar-refractivity contribution in [3.05, 3.63) is 41.8 Å². The van der Waals surface area contributed by atoms with Crippen LogP contribution in [0.3, 0.4) is 0 Å². The highest BCUT2D eigenvalue weighted by atomic mass is 19.1. The fraction of sp³-hybridized carbons (Fsp3) is 0.200. The number of hydrogen-bond donors (Lipinski definition) is 1. The first kappa shape index (κ1) is 13.8. The number of nitrogens with zero attached hydrogens (tertiary/aromatic N) is 1. The first-order valence-corrected chi connectivity index (χ1v) is 6.10.